The fourth-order valence-corrected chi connectivity index (χ4v) is 5.12. The normalized spacial score (nSPS) is 18.9. The van der Waals surface area contributed by atoms with Crippen LogP contribution in [-0.4, -0.2) is 50.4 Å². The Kier molecular flexibility index (Phi) is 7.09. The summed E-state index contributed by atoms with van der Waals surface area (Å²) in [6.45, 7) is 5.63. The summed E-state index contributed by atoms with van der Waals surface area (Å²) in [5.74, 6) is 0.730. The lowest BCUT2D eigenvalue weighted by molar-refractivity contribution is -0.126. The zero-order valence-electron chi connectivity index (χ0n) is 17.1. The summed E-state index contributed by atoms with van der Waals surface area (Å²) in [4.78, 5) is 15.2. The molecule has 0 spiro atoms. The molecule has 2 atom stereocenters. The molecule has 2 aromatic carbocycles. The van der Waals surface area contributed by atoms with Gasteiger partial charge < -0.3 is 5.32 Å². The van der Waals surface area contributed by atoms with Gasteiger partial charge in [0.05, 0.1) is 11.5 Å². The highest BCUT2D eigenvalue weighted by Gasteiger charge is 2.32. The molecule has 1 saturated heterocycles. The van der Waals surface area contributed by atoms with Crippen LogP contribution in [0.4, 0.5) is 0 Å². The maximum atomic E-state index is 13.3. The van der Waals surface area contributed by atoms with E-state index in [9.17, 15) is 13.2 Å². The number of rotatable bonds is 7. The van der Waals surface area contributed by atoms with Gasteiger partial charge in [0.1, 0.15) is 6.04 Å². The predicted octanol–water partition coefficient (Wildman–Crippen LogP) is 3.01. The van der Waals surface area contributed by atoms with Gasteiger partial charge in [0, 0.05) is 25.6 Å². The van der Waals surface area contributed by atoms with Gasteiger partial charge in [0.15, 0.2) is 9.84 Å². The third-order valence-electron chi connectivity index (χ3n) is 5.64. The minimum Gasteiger partial charge on any atom is -0.354 e. The van der Waals surface area contributed by atoms with E-state index in [1.807, 2.05) is 53.4 Å². The molecule has 1 amide bonds. The maximum absolute atomic E-state index is 13.3. The highest BCUT2D eigenvalue weighted by atomic mass is 32.2. The highest BCUT2D eigenvalue weighted by molar-refractivity contribution is 7.91. The molecule has 0 bridgehead atoms. The average molecular weight is 415 g/mol. The third kappa shape index (κ3) is 5.67. The minimum atomic E-state index is -3.00. The molecule has 0 saturated carbocycles. The first-order valence-corrected chi connectivity index (χ1v) is 12.0. The molecule has 156 valence electrons. The van der Waals surface area contributed by atoms with E-state index in [1.54, 1.807) is 0 Å². The van der Waals surface area contributed by atoms with Gasteiger partial charge in [-0.3, -0.25) is 9.69 Å². The average Bonchev–Trinajstić information content (AvgIpc) is 2.71. The van der Waals surface area contributed by atoms with Gasteiger partial charge >= 0.3 is 0 Å². The van der Waals surface area contributed by atoms with E-state index in [1.165, 1.54) is 5.56 Å². The van der Waals surface area contributed by atoms with Gasteiger partial charge in [-0.05, 0) is 17.0 Å². The molecule has 1 N–H and O–H groups in total. The monoisotopic (exact) mass is 414 g/mol. The Hall–Kier alpha value is -2.18. The molecular weight excluding hydrogens is 384 g/mol. The summed E-state index contributed by atoms with van der Waals surface area (Å²) in [5, 5.41) is 3.15. The molecule has 2 unspecified atom stereocenters. The van der Waals surface area contributed by atoms with Gasteiger partial charge in [0.2, 0.25) is 5.91 Å². The Bertz CT molecular complexity index is 884. The van der Waals surface area contributed by atoms with E-state index in [0.29, 0.717) is 25.6 Å². The molecule has 6 heteroatoms. The highest BCUT2D eigenvalue weighted by Crippen LogP contribution is 2.26. The molecule has 1 fully saturated rings. The number of nitrogens with zero attached hydrogens (tertiary/aromatic N) is 1. The first-order chi connectivity index (χ1) is 13.9. The predicted molar refractivity (Wildman–Crippen MR) is 116 cm³/mol. The molecule has 1 aliphatic heterocycles. The Morgan fingerprint density at radius 1 is 0.931 bits per heavy atom. The van der Waals surface area contributed by atoms with E-state index < -0.39 is 15.9 Å². The van der Waals surface area contributed by atoms with Crippen LogP contribution in [0.25, 0.3) is 0 Å². The molecule has 0 aliphatic carbocycles. The van der Waals surface area contributed by atoms with E-state index in [-0.39, 0.29) is 23.3 Å². The van der Waals surface area contributed by atoms with Gasteiger partial charge in [-0.2, -0.15) is 0 Å². The summed E-state index contributed by atoms with van der Waals surface area (Å²) in [6, 6.07) is 19.4. The number of hydrogen-bond donors (Lipinski definition) is 1. The lowest BCUT2D eigenvalue weighted by Gasteiger charge is -2.34. The lowest BCUT2D eigenvalue weighted by atomic mass is 9.88. The topological polar surface area (TPSA) is 66.5 Å². The second-order valence-electron chi connectivity index (χ2n) is 8.01. The standard InChI is InChI=1S/C23H30N2O3S/c1-18(2)21(19-9-5-3-6-10-19)17-24-23(26)22(20-11-7-4-8-12-20)25-13-15-29(27,28)16-14-25/h3-12,18,21-22H,13-17H2,1-2H3,(H,24,26). The van der Waals surface area contributed by atoms with Crippen LogP contribution in [0.15, 0.2) is 60.7 Å². The van der Waals surface area contributed by atoms with Crippen molar-refractivity contribution in [3.05, 3.63) is 71.8 Å². The van der Waals surface area contributed by atoms with E-state index in [2.05, 4.69) is 31.3 Å². The zero-order valence-corrected chi connectivity index (χ0v) is 17.9. The van der Waals surface area contributed by atoms with Crippen molar-refractivity contribution in [2.24, 2.45) is 5.92 Å². The maximum Gasteiger partial charge on any atom is 0.241 e. The van der Waals surface area contributed by atoms with Crippen molar-refractivity contribution in [1.29, 1.82) is 0 Å². The summed E-state index contributed by atoms with van der Waals surface area (Å²) >= 11 is 0. The summed E-state index contributed by atoms with van der Waals surface area (Å²) in [6.07, 6.45) is 0. The molecule has 1 aliphatic rings. The van der Waals surface area contributed by atoms with Crippen molar-refractivity contribution in [1.82, 2.24) is 10.2 Å². The largest absolute Gasteiger partial charge is 0.354 e. The fourth-order valence-electron chi connectivity index (χ4n) is 3.89. The zero-order chi connectivity index (χ0) is 20.9. The lowest BCUT2D eigenvalue weighted by Crippen LogP contribution is -2.48. The third-order valence-corrected chi connectivity index (χ3v) is 7.25. The molecule has 29 heavy (non-hydrogen) atoms. The Labute approximate surface area is 174 Å². The molecule has 0 radical (unpaired) electrons. The van der Waals surface area contributed by atoms with Crippen molar-refractivity contribution in [3.63, 3.8) is 0 Å². The number of carbonyl (C=O) groups is 1. The van der Waals surface area contributed by atoms with E-state index in [4.69, 9.17) is 0 Å². The van der Waals surface area contributed by atoms with Gasteiger partial charge in [-0.25, -0.2) is 8.42 Å². The van der Waals surface area contributed by atoms with E-state index in [0.717, 1.165) is 5.56 Å². The second kappa shape index (κ2) is 9.55. The summed E-state index contributed by atoms with van der Waals surface area (Å²) < 4.78 is 23.7. The van der Waals surface area contributed by atoms with Gasteiger partial charge in [0.25, 0.3) is 0 Å². The first-order valence-electron chi connectivity index (χ1n) is 10.2. The Balaban J connectivity index is 1.76. The van der Waals surface area contributed by atoms with Crippen LogP contribution in [0.5, 0.6) is 0 Å². The molecule has 1 heterocycles. The number of benzene rings is 2. The van der Waals surface area contributed by atoms with Crippen LogP contribution in [-0.2, 0) is 14.6 Å². The van der Waals surface area contributed by atoms with Crippen LogP contribution in [0.2, 0.25) is 0 Å². The SMILES string of the molecule is CC(C)C(CNC(=O)C(c1ccccc1)N1CCS(=O)(=O)CC1)c1ccccc1. The van der Waals surface area contributed by atoms with Crippen LogP contribution < -0.4 is 5.32 Å². The minimum absolute atomic E-state index is 0.0721. The molecular formula is C23H30N2O3S. The number of carbonyl (C=O) groups excluding carboxylic acids is 1. The van der Waals surface area contributed by atoms with Crippen molar-refractivity contribution in [2.75, 3.05) is 31.1 Å². The summed E-state index contributed by atoms with van der Waals surface area (Å²) in [7, 11) is -3.00. The number of amides is 1. The van der Waals surface area contributed by atoms with Crippen LogP contribution in [0, 0.1) is 5.92 Å². The van der Waals surface area contributed by atoms with Crippen molar-refractivity contribution >= 4 is 15.7 Å². The van der Waals surface area contributed by atoms with Crippen LogP contribution in [0.1, 0.15) is 36.9 Å². The molecule has 2 aromatic rings. The Morgan fingerprint density at radius 3 is 1.97 bits per heavy atom. The van der Waals surface area contributed by atoms with Gasteiger partial charge in [-0.15, -0.1) is 0 Å². The molecule has 0 aromatic heterocycles. The van der Waals surface area contributed by atoms with Crippen LogP contribution >= 0.6 is 0 Å². The molecule has 3 rings (SSSR count). The van der Waals surface area contributed by atoms with Gasteiger partial charge in [-0.1, -0.05) is 74.5 Å². The quantitative estimate of drug-likeness (QED) is 0.756. The Morgan fingerprint density at radius 2 is 1.45 bits per heavy atom. The number of nitrogens with one attached hydrogen (secondary N) is 1. The van der Waals surface area contributed by atoms with Crippen molar-refractivity contribution in [3.8, 4) is 0 Å². The smallest absolute Gasteiger partial charge is 0.241 e. The first kappa shape index (κ1) is 21.5. The van der Waals surface area contributed by atoms with Crippen molar-refractivity contribution in [2.45, 2.75) is 25.8 Å². The van der Waals surface area contributed by atoms with E-state index >= 15 is 0 Å². The molecule has 5 nitrogen and oxygen atoms in total. The van der Waals surface area contributed by atoms with Crippen LogP contribution in [0.3, 0.4) is 0 Å². The summed E-state index contributed by atoms with van der Waals surface area (Å²) in [5.41, 5.74) is 2.10. The second-order valence-corrected chi connectivity index (χ2v) is 10.3. The number of sulfone groups is 1. The fraction of sp³-hybridized carbons (Fsp3) is 0.435. The number of hydrogen-bond acceptors (Lipinski definition) is 4. The van der Waals surface area contributed by atoms with Crippen molar-refractivity contribution < 1.29 is 13.2 Å².